The van der Waals surface area contributed by atoms with E-state index in [1.54, 1.807) is 12.0 Å². The van der Waals surface area contributed by atoms with Crippen LogP contribution in [0.1, 0.15) is 12.0 Å². The molecule has 1 aromatic rings. The third-order valence-electron chi connectivity index (χ3n) is 2.99. The van der Waals surface area contributed by atoms with Crippen LogP contribution in [-0.2, 0) is 16.1 Å². The average molecular weight is 327 g/mol. The van der Waals surface area contributed by atoms with Crippen molar-refractivity contribution < 1.29 is 14.3 Å². The van der Waals surface area contributed by atoms with Gasteiger partial charge in [-0.2, -0.15) is 0 Å². The van der Waals surface area contributed by atoms with Gasteiger partial charge in [-0.3, -0.25) is 9.59 Å². The molecule has 1 aromatic carbocycles. The summed E-state index contributed by atoms with van der Waals surface area (Å²) in [6.07, 6.45) is 0.350. The van der Waals surface area contributed by atoms with Crippen LogP contribution in [0.15, 0.2) is 22.7 Å². The second-order valence-corrected chi connectivity index (χ2v) is 5.17. The van der Waals surface area contributed by atoms with Crippen LogP contribution in [0.25, 0.3) is 0 Å². The van der Waals surface area contributed by atoms with Crippen molar-refractivity contribution >= 4 is 27.7 Å². The van der Waals surface area contributed by atoms with Crippen LogP contribution in [-0.4, -0.2) is 36.9 Å². The fourth-order valence-electron chi connectivity index (χ4n) is 1.93. The molecule has 0 unspecified atom stereocenters. The van der Waals surface area contributed by atoms with Gasteiger partial charge in [0.25, 0.3) is 0 Å². The number of hydrogen-bond acceptors (Lipinski definition) is 3. The molecule has 0 aromatic heterocycles. The molecule has 0 spiro atoms. The number of halogens is 1. The Morgan fingerprint density at radius 3 is 2.89 bits per heavy atom. The summed E-state index contributed by atoms with van der Waals surface area (Å²) in [7, 11) is 1.61. The number of hydrogen-bond donors (Lipinski definition) is 1. The molecule has 2 amide bonds. The Balaban J connectivity index is 2.09. The van der Waals surface area contributed by atoms with Crippen molar-refractivity contribution in [3.8, 4) is 5.75 Å². The molecule has 1 fully saturated rings. The summed E-state index contributed by atoms with van der Waals surface area (Å²) >= 11 is 3.42. The predicted molar refractivity (Wildman–Crippen MR) is 73.7 cm³/mol. The van der Waals surface area contributed by atoms with Crippen LogP contribution in [0.3, 0.4) is 0 Å². The van der Waals surface area contributed by atoms with E-state index in [1.165, 1.54) is 0 Å². The maximum Gasteiger partial charge on any atom is 0.242 e. The maximum absolute atomic E-state index is 11.8. The van der Waals surface area contributed by atoms with Crippen molar-refractivity contribution in [2.45, 2.75) is 13.0 Å². The topological polar surface area (TPSA) is 58.6 Å². The normalized spacial score (nSPS) is 16.0. The Morgan fingerprint density at radius 1 is 1.42 bits per heavy atom. The molecule has 6 heteroatoms. The second-order valence-electron chi connectivity index (χ2n) is 4.31. The highest BCUT2D eigenvalue weighted by molar-refractivity contribution is 9.10. The molecular formula is C13H15BrN2O3. The number of ether oxygens (including phenoxy) is 1. The van der Waals surface area contributed by atoms with E-state index in [0.717, 1.165) is 15.8 Å². The quantitative estimate of drug-likeness (QED) is 0.911. The van der Waals surface area contributed by atoms with Crippen LogP contribution >= 0.6 is 15.9 Å². The number of amides is 2. The lowest BCUT2D eigenvalue weighted by Gasteiger charge is -2.20. The van der Waals surface area contributed by atoms with Gasteiger partial charge >= 0.3 is 0 Å². The third-order valence-corrected chi connectivity index (χ3v) is 3.61. The largest absolute Gasteiger partial charge is 0.496 e. The zero-order valence-electron chi connectivity index (χ0n) is 10.6. The molecule has 1 N–H and O–H groups in total. The van der Waals surface area contributed by atoms with E-state index >= 15 is 0 Å². The van der Waals surface area contributed by atoms with E-state index < -0.39 is 0 Å². The minimum absolute atomic E-state index is 0.0576. The molecule has 19 heavy (non-hydrogen) atoms. The Bertz CT molecular complexity index is 505. The number of nitrogens with zero attached hydrogens (tertiary/aromatic N) is 1. The molecule has 1 saturated heterocycles. The molecule has 102 valence electrons. The number of methoxy groups -OCH3 is 1. The minimum atomic E-state index is -0.0771. The fourth-order valence-corrected chi connectivity index (χ4v) is 2.52. The molecule has 1 aliphatic rings. The smallest absolute Gasteiger partial charge is 0.242 e. The highest BCUT2D eigenvalue weighted by Crippen LogP contribution is 2.26. The van der Waals surface area contributed by atoms with Gasteiger partial charge in [-0.1, -0.05) is 6.07 Å². The fraction of sp³-hybridized carbons (Fsp3) is 0.385. The Kier molecular flexibility index (Phi) is 4.42. The number of carbonyl (C=O) groups is 2. The molecule has 0 atom stereocenters. The van der Waals surface area contributed by atoms with E-state index in [4.69, 9.17) is 4.74 Å². The lowest BCUT2D eigenvalue weighted by molar-refractivity contribution is -0.130. The maximum atomic E-state index is 11.8. The molecular weight excluding hydrogens is 312 g/mol. The van der Waals surface area contributed by atoms with Gasteiger partial charge in [-0.15, -0.1) is 0 Å². The van der Waals surface area contributed by atoms with E-state index in [2.05, 4.69) is 21.2 Å². The van der Waals surface area contributed by atoms with Crippen LogP contribution in [0.4, 0.5) is 0 Å². The lowest BCUT2D eigenvalue weighted by atomic mass is 10.2. The first-order chi connectivity index (χ1) is 9.10. The summed E-state index contributed by atoms with van der Waals surface area (Å²) in [5.41, 5.74) is 0.996. The number of carbonyl (C=O) groups excluding carboxylic acids is 2. The first-order valence-corrected chi connectivity index (χ1v) is 6.76. The minimum Gasteiger partial charge on any atom is -0.496 e. The molecule has 0 saturated carbocycles. The molecule has 0 bridgehead atoms. The van der Waals surface area contributed by atoms with Gasteiger partial charge in [-0.05, 0) is 33.6 Å². The summed E-state index contributed by atoms with van der Waals surface area (Å²) in [5.74, 6) is 0.618. The van der Waals surface area contributed by atoms with E-state index in [-0.39, 0.29) is 18.4 Å². The second kappa shape index (κ2) is 6.06. The van der Waals surface area contributed by atoms with Crippen LogP contribution < -0.4 is 10.1 Å². The molecule has 5 nitrogen and oxygen atoms in total. The molecule has 2 rings (SSSR count). The summed E-state index contributed by atoms with van der Waals surface area (Å²) in [6.45, 7) is 1.03. The first-order valence-electron chi connectivity index (χ1n) is 5.97. The summed E-state index contributed by atoms with van der Waals surface area (Å²) < 4.78 is 6.01. The van der Waals surface area contributed by atoms with Gasteiger partial charge in [0, 0.05) is 19.5 Å². The van der Waals surface area contributed by atoms with E-state index in [1.807, 2.05) is 18.2 Å². The Labute approximate surface area is 120 Å². The zero-order valence-corrected chi connectivity index (χ0v) is 12.2. The average Bonchev–Trinajstić information content (AvgIpc) is 2.54. The lowest BCUT2D eigenvalue weighted by Crippen LogP contribution is -2.34. The SMILES string of the molecule is COc1ccc(CN2CCC(=O)NCC2=O)cc1Br. The summed E-state index contributed by atoms with van der Waals surface area (Å²) in [5, 5.41) is 2.58. The molecule has 0 radical (unpaired) electrons. The highest BCUT2D eigenvalue weighted by atomic mass is 79.9. The van der Waals surface area contributed by atoms with Gasteiger partial charge in [-0.25, -0.2) is 0 Å². The van der Waals surface area contributed by atoms with Crippen LogP contribution in [0.5, 0.6) is 5.75 Å². The van der Waals surface area contributed by atoms with Crippen molar-refractivity contribution in [1.82, 2.24) is 10.2 Å². The van der Waals surface area contributed by atoms with Crippen LogP contribution in [0, 0.1) is 0 Å². The van der Waals surface area contributed by atoms with E-state index in [9.17, 15) is 9.59 Å². The highest BCUT2D eigenvalue weighted by Gasteiger charge is 2.20. The molecule has 0 aliphatic carbocycles. The van der Waals surface area contributed by atoms with Crippen molar-refractivity contribution in [3.63, 3.8) is 0 Å². The number of rotatable bonds is 3. The van der Waals surface area contributed by atoms with Gasteiger partial charge < -0.3 is 15.0 Å². The van der Waals surface area contributed by atoms with Crippen molar-refractivity contribution in [1.29, 1.82) is 0 Å². The number of benzene rings is 1. The zero-order chi connectivity index (χ0) is 13.8. The summed E-state index contributed by atoms with van der Waals surface area (Å²) in [6, 6.07) is 5.69. The first kappa shape index (κ1) is 13.9. The molecule has 1 aliphatic heterocycles. The van der Waals surface area contributed by atoms with Gasteiger partial charge in [0.05, 0.1) is 18.1 Å². The van der Waals surface area contributed by atoms with E-state index in [0.29, 0.717) is 19.5 Å². The van der Waals surface area contributed by atoms with Crippen molar-refractivity contribution in [2.75, 3.05) is 20.2 Å². The Hall–Kier alpha value is -1.56. The van der Waals surface area contributed by atoms with Crippen molar-refractivity contribution in [2.24, 2.45) is 0 Å². The van der Waals surface area contributed by atoms with Crippen molar-refractivity contribution in [3.05, 3.63) is 28.2 Å². The Morgan fingerprint density at radius 2 is 2.21 bits per heavy atom. The predicted octanol–water partition coefficient (Wildman–Crippen LogP) is 1.31. The van der Waals surface area contributed by atoms with Gasteiger partial charge in [0.2, 0.25) is 11.8 Å². The van der Waals surface area contributed by atoms with Gasteiger partial charge in [0.1, 0.15) is 5.75 Å². The third kappa shape index (κ3) is 3.47. The standard InChI is InChI=1S/C13H15BrN2O3/c1-19-11-3-2-9(6-10(11)14)8-16-5-4-12(17)15-7-13(16)18/h2-3,6H,4-5,7-8H2,1H3,(H,15,17). The molecule has 1 heterocycles. The summed E-state index contributed by atoms with van der Waals surface area (Å²) in [4.78, 5) is 24.8. The number of nitrogens with one attached hydrogen (secondary N) is 1. The monoisotopic (exact) mass is 326 g/mol. The van der Waals surface area contributed by atoms with Gasteiger partial charge in [0.15, 0.2) is 0 Å². The van der Waals surface area contributed by atoms with Crippen LogP contribution in [0.2, 0.25) is 0 Å².